The van der Waals surface area contributed by atoms with Gasteiger partial charge in [-0.05, 0) is 43.5 Å². The molecule has 2 aliphatic heterocycles. The maximum absolute atomic E-state index is 5.30. The van der Waals surface area contributed by atoms with Crippen LogP contribution in [0.2, 0.25) is 0 Å². The fourth-order valence-electron chi connectivity index (χ4n) is 2.11. The minimum absolute atomic E-state index is 0.802. The van der Waals surface area contributed by atoms with Crippen molar-refractivity contribution >= 4 is 0 Å². The zero-order valence-corrected chi connectivity index (χ0v) is 9.87. The Morgan fingerprint density at radius 3 is 2.25 bits per heavy atom. The molecule has 0 atom stereocenters. The number of hydrogen-bond donors (Lipinski definition) is 1. The Bertz CT molecular complexity index is 271. The zero-order chi connectivity index (χ0) is 11.1. The Morgan fingerprint density at radius 2 is 1.69 bits per heavy atom. The highest BCUT2D eigenvalue weighted by Gasteiger charge is 2.06. The normalized spacial score (nSPS) is 19.2. The standard InChI is InChI=1S/C9H10O.C5H11N/c1-2-4-9-7-10-6-5-8(9)3-1;1-2-4-6-5-3-1/h1-4H,5-7H2;6H,1-5H2. The Morgan fingerprint density at radius 1 is 0.938 bits per heavy atom. The van der Waals surface area contributed by atoms with Crippen LogP contribution in [0.3, 0.4) is 0 Å². The minimum atomic E-state index is 0.802. The summed E-state index contributed by atoms with van der Waals surface area (Å²) in [6, 6.07) is 8.46. The van der Waals surface area contributed by atoms with Crippen LogP contribution in [0, 0.1) is 0 Å². The van der Waals surface area contributed by atoms with Gasteiger partial charge in [-0.1, -0.05) is 30.7 Å². The fourth-order valence-corrected chi connectivity index (χ4v) is 2.11. The molecule has 16 heavy (non-hydrogen) atoms. The number of nitrogens with one attached hydrogen (secondary N) is 1. The lowest BCUT2D eigenvalue weighted by atomic mass is 10.0. The molecule has 2 nitrogen and oxygen atoms in total. The molecular weight excluding hydrogens is 198 g/mol. The number of piperidine rings is 1. The van der Waals surface area contributed by atoms with Crippen molar-refractivity contribution in [1.29, 1.82) is 0 Å². The van der Waals surface area contributed by atoms with Crippen LogP contribution in [0.25, 0.3) is 0 Å². The van der Waals surface area contributed by atoms with Gasteiger partial charge in [0.2, 0.25) is 0 Å². The first kappa shape index (κ1) is 11.6. The predicted molar refractivity (Wildman–Crippen MR) is 66.5 cm³/mol. The summed E-state index contributed by atoms with van der Waals surface area (Å²) >= 11 is 0. The molecule has 1 saturated heterocycles. The average molecular weight is 219 g/mol. The van der Waals surface area contributed by atoms with Gasteiger partial charge in [0.05, 0.1) is 13.2 Å². The van der Waals surface area contributed by atoms with E-state index in [1.165, 1.54) is 43.5 Å². The molecule has 0 unspecified atom stereocenters. The number of hydrogen-bond acceptors (Lipinski definition) is 2. The number of rotatable bonds is 0. The fraction of sp³-hybridized carbons (Fsp3) is 0.571. The monoisotopic (exact) mass is 219 g/mol. The highest BCUT2D eigenvalue weighted by atomic mass is 16.5. The van der Waals surface area contributed by atoms with E-state index in [-0.39, 0.29) is 0 Å². The number of benzene rings is 1. The van der Waals surface area contributed by atoms with Crippen LogP contribution in [0.15, 0.2) is 24.3 Å². The van der Waals surface area contributed by atoms with E-state index in [0.29, 0.717) is 0 Å². The topological polar surface area (TPSA) is 21.3 Å². The second-order valence-corrected chi connectivity index (χ2v) is 4.38. The second-order valence-electron chi connectivity index (χ2n) is 4.38. The molecule has 0 bridgehead atoms. The van der Waals surface area contributed by atoms with Gasteiger partial charge >= 0.3 is 0 Å². The Hall–Kier alpha value is -0.860. The van der Waals surface area contributed by atoms with E-state index in [1.54, 1.807) is 0 Å². The van der Waals surface area contributed by atoms with Crippen molar-refractivity contribution in [2.24, 2.45) is 0 Å². The Balaban J connectivity index is 0.000000138. The van der Waals surface area contributed by atoms with E-state index in [1.807, 2.05) is 0 Å². The molecule has 0 radical (unpaired) electrons. The molecule has 1 fully saturated rings. The molecule has 1 aromatic carbocycles. The van der Waals surface area contributed by atoms with Crippen LogP contribution in [0.5, 0.6) is 0 Å². The van der Waals surface area contributed by atoms with Crippen LogP contribution in [-0.4, -0.2) is 19.7 Å². The average Bonchev–Trinajstić information content (AvgIpc) is 2.42. The molecule has 3 rings (SSSR count). The van der Waals surface area contributed by atoms with E-state index in [0.717, 1.165) is 19.6 Å². The lowest BCUT2D eigenvalue weighted by molar-refractivity contribution is 0.111. The van der Waals surface area contributed by atoms with Gasteiger partial charge in [-0.15, -0.1) is 0 Å². The smallest absolute Gasteiger partial charge is 0.0719 e. The first-order chi connectivity index (χ1) is 7.97. The highest BCUT2D eigenvalue weighted by molar-refractivity contribution is 5.27. The van der Waals surface area contributed by atoms with Crippen LogP contribution in [0.4, 0.5) is 0 Å². The van der Waals surface area contributed by atoms with Crippen molar-refractivity contribution in [3.05, 3.63) is 35.4 Å². The summed E-state index contributed by atoms with van der Waals surface area (Å²) in [6.45, 7) is 4.19. The van der Waals surface area contributed by atoms with Crippen molar-refractivity contribution in [2.75, 3.05) is 19.7 Å². The lowest BCUT2D eigenvalue weighted by Crippen LogP contribution is -2.21. The van der Waals surface area contributed by atoms with Crippen LogP contribution >= 0.6 is 0 Å². The van der Waals surface area contributed by atoms with E-state index in [2.05, 4.69) is 29.6 Å². The van der Waals surface area contributed by atoms with Crippen molar-refractivity contribution < 1.29 is 4.74 Å². The Kier molecular flexibility index (Phi) is 4.84. The molecule has 1 N–H and O–H groups in total. The first-order valence-electron chi connectivity index (χ1n) is 6.32. The van der Waals surface area contributed by atoms with E-state index >= 15 is 0 Å². The molecule has 88 valence electrons. The van der Waals surface area contributed by atoms with Gasteiger partial charge in [-0.3, -0.25) is 0 Å². The zero-order valence-electron chi connectivity index (χ0n) is 9.87. The van der Waals surface area contributed by atoms with Gasteiger partial charge in [0.1, 0.15) is 0 Å². The first-order valence-corrected chi connectivity index (χ1v) is 6.32. The molecule has 1 aromatic rings. The summed E-state index contributed by atoms with van der Waals surface area (Å²) in [6.07, 6.45) is 5.29. The second kappa shape index (κ2) is 6.66. The molecule has 0 spiro atoms. The largest absolute Gasteiger partial charge is 0.376 e. The maximum Gasteiger partial charge on any atom is 0.0719 e. The molecule has 2 aliphatic rings. The number of ether oxygens (including phenoxy) is 1. The highest BCUT2D eigenvalue weighted by Crippen LogP contribution is 2.14. The molecule has 2 heterocycles. The minimum Gasteiger partial charge on any atom is -0.376 e. The molecule has 0 saturated carbocycles. The summed E-state index contributed by atoms with van der Waals surface area (Å²) in [5.41, 5.74) is 2.81. The maximum atomic E-state index is 5.30. The van der Waals surface area contributed by atoms with Gasteiger partial charge in [0, 0.05) is 0 Å². The van der Waals surface area contributed by atoms with Crippen LogP contribution < -0.4 is 5.32 Å². The van der Waals surface area contributed by atoms with Crippen molar-refractivity contribution in [3.8, 4) is 0 Å². The quantitative estimate of drug-likeness (QED) is 0.724. The van der Waals surface area contributed by atoms with Crippen LogP contribution in [0.1, 0.15) is 30.4 Å². The molecule has 0 aliphatic carbocycles. The van der Waals surface area contributed by atoms with Gasteiger partial charge in [-0.25, -0.2) is 0 Å². The van der Waals surface area contributed by atoms with Gasteiger partial charge in [-0.2, -0.15) is 0 Å². The summed E-state index contributed by atoms with van der Waals surface area (Å²) < 4.78 is 5.30. The molecule has 0 aromatic heterocycles. The van der Waals surface area contributed by atoms with Crippen molar-refractivity contribution in [1.82, 2.24) is 5.32 Å². The lowest BCUT2D eigenvalue weighted by Gasteiger charge is -2.14. The van der Waals surface area contributed by atoms with Crippen LogP contribution in [-0.2, 0) is 17.8 Å². The van der Waals surface area contributed by atoms with Gasteiger partial charge in [0.15, 0.2) is 0 Å². The van der Waals surface area contributed by atoms with Gasteiger partial charge in [0.25, 0.3) is 0 Å². The summed E-state index contributed by atoms with van der Waals surface area (Å²) in [4.78, 5) is 0. The molecular formula is C14H21NO. The summed E-state index contributed by atoms with van der Waals surface area (Å²) in [5.74, 6) is 0. The van der Waals surface area contributed by atoms with Crippen molar-refractivity contribution in [3.63, 3.8) is 0 Å². The third kappa shape index (κ3) is 3.62. The van der Waals surface area contributed by atoms with Gasteiger partial charge < -0.3 is 10.1 Å². The third-order valence-corrected chi connectivity index (χ3v) is 3.10. The number of fused-ring (bicyclic) bond motifs is 1. The van der Waals surface area contributed by atoms with Crippen molar-refractivity contribution in [2.45, 2.75) is 32.3 Å². The summed E-state index contributed by atoms with van der Waals surface area (Å²) in [5, 5.41) is 3.28. The van der Waals surface area contributed by atoms with E-state index < -0.39 is 0 Å². The molecule has 2 heteroatoms. The predicted octanol–water partition coefficient (Wildman–Crippen LogP) is 2.52. The van der Waals surface area contributed by atoms with E-state index in [4.69, 9.17) is 4.74 Å². The van der Waals surface area contributed by atoms with E-state index in [9.17, 15) is 0 Å². The third-order valence-electron chi connectivity index (χ3n) is 3.10. The molecule has 0 amide bonds. The SMILES string of the molecule is C1CCNCC1.c1ccc2c(c1)CCOC2. The summed E-state index contributed by atoms with van der Waals surface area (Å²) in [7, 11) is 0. The Labute approximate surface area is 98.0 Å².